The molecular formula is C17H12F3NO2. The molecule has 0 bridgehead atoms. The molecule has 118 valence electrons. The van der Waals surface area contributed by atoms with Crippen LogP contribution >= 0.6 is 0 Å². The van der Waals surface area contributed by atoms with Gasteiger partial charge in [0.1, 0.15) is 0 Å². The largest absolute Gasteiger partial charge is 0.504 e. The summed E-state index contributed by atoms with van der Waals surface area (Å²) in [4.78, 5) is 4.21. The molecule has 0 atom stereocenters. The van der Waals surface area contributed by atoms with Crippen molar-refractivity contribution in [2.24, 2.45) is 0 Å². The fourth-order valence-corrected chi connectivity index (χ4v) is 2.34. The summed E-state index contributed by atoms with van der Waals surface area (Å²) in [5, 5.41) is 11.3. The summed E-state index contributed by atoms with van der Waals surface area (Å²) in [6.45, 7) is 0. The van der Waals surface area contributed by atoms with E-state index in [1.807, 2.05) is 0 Å². The zero-order valence-corrected chi connectivity index (χ0v) is 12.1. The number of ether oxygens (including phenoxy) is 1. The van der Waals surface area contributed by atoms with E-state index >= 15 is 0 Å². The van der Waals surface area contributed by atoms with Gasteiger partial charge in [0, 0.05) is 17.1 Å². The highest BCUT2D eigenvalue weighted by atomic mass is 19.4. The topological polar surface area (TPSA) is 42.4 Å². The van der Waals surface area contributed by atoms with Gasteiger partial charge in [-0.3, -0.25) is 4.98 Å². The lowest BCUT2D eigenvalue weighted by atomic mass is 10.0. The van der Waals surface area contributed by atoms with Crippen molar-refractivity contribution in [1.29, 1.82) is 0 Å². The molecule has 0 saturated heterocycles. The summed E-state index contributed by atoms with van der Waals surface area (Å²) < 4.78 is 42.8. The fourth-order valence-electron chi connectivity index (χ4n) is 2.34. The van der Waals surface area contributed by atoms with Gasteiger partial charge >= 0.3 is 6.18 Å². The number of rotatable bonds is 2. The molecule has 1 aromatic heterocycles. The second kappa shape index (κ2) is 5.46. The van der Waals surface area contributed by atoms with E-state index in [4.69, 9.17) is 4.74 Å². The van der Waals surface area contributed by atoms with E-state index in [-0.39, 0.29) is 5.75 Å². The molecule has 0 unspecified atom stereocenters. The molecule has 23 heavy (non-hydrogen) atoms. The quantitative estimate of drug-likeness (QED) is 0.748. The van der Waals surface area contributed by atoms with Crippen LogP contribution in [0.25, 0.3) is 22.0 Å². The molecule has 2 aromatic carbocycles. The maximum absolute atomic E-state index is 12.6. The minimum Gasteiger partial charge on any atom is -0.504 e. The lowest BCUT2D eigenvalue weighted by Crippen LogP contribution is -2.04. The number of benzene rings is 2. The maximum Gasteiger partial charge on any atom is 0.416 e. The van der Waals surface area contributed by atoms with E-state index in [2.05, 4.69) is 4.98 Å². The van der Waals surface area contributed by atoms with Crippen molar-refractivity contribution in [3.8, 4) is 22.8 Å². The van der Waals surface area contributed by atoms with Gasteiger partial charge in [0.15, 0.2) is 11.5 Å². The van der Waals surface area contributed by atoms with E-state index in [9.17, 15) is 18.3 Å². The van der Waals surface area contributed by atoms with Gasteiger partial charge in [-0.25, -0.2) is 0 Å². The molecule has 3 nitrogen and oxygen atoms in total. The molecular weight excluding hydrogens is 307 g/mol. The molecule has 1 N–H and O–H groups in total. The monoisotopic (exact) mass is 319 g/mol. The normalized spacial score (nSPS) is 11.7. The third kappa shape index (κ3) is 2.79. The van der Waals surface area contributed by atoms with E-state index in [0.717, 1.165) is 12.1 Å². The van der Waals surface area contributed by atoms with Crippen molar-refractivity contribution >= 4 is 10.8 Å². The molecule has 3 rings (SSSR count). The van der Waals surface area contributed by atoms with Crippen LogP contribution < -0.4 is 4.74 Å². The number of aromatic nitrogens is 1. The third-order valence-corrected chi connectivity index (χ3v) is 3.57. The van der Waals surface area contributed by atoms with Gasteiger partial charge in [-0.15, -0.1) is 0 Å². The first-order valence-electron chi connectivity index (χ1n) is 6.73. The number of halogens is 3. The number of alkyl halides is 3. The Kier molecular flexibility index (Phi) is 3.60. The molecule has 0 amide bonds. The van der Waals surface area contributed by atoms with E-state index in [1.54, 1.807) is 18.2 Å². The van der Waals surface area contributed by atoms with Crippen molar-refractivity contribution in [3.05, 3.63) is 54.2 Å². The van der Waals surface area contributed by atoms with Crippen molar-refractivity contribution < 1.29 is 23.0 Å². The zero-order valence-electron chi connectivity index (χ0n) is 12.1. The highest BCUT2D eigenvalue weighted by Crippen LogP contribution is 2.35. The third-order valence-electron chi connectivity index (χ3n) is 3.57. The Hall–Kier alpha value is -2.76. The van der Waals surface area contributed by atoms with Crippen molar-refractivity contribution in [1.82, 2.24) is 4.98 Å². The number of fused-ring (bicyclic) bond motifs is 1. The Morgan fingerprint density at radius 2 is 1.74 bits per heavy atom. The summed E-state index contributed by atoms with van der Waals surface area (Å²) in [5.41, 5.74) is 0.385. The SMILES string of the molecule is COc1ccc2cc(-c3ccc(C(F)(F)F)cc3)ncc2c1O. The van der Waals surface area contributed by atoms with Gasteiger partial charge in [-0.1, -0.05) is 18.2 Å². The Balaban J connectivity index is 2.04. The van der Waals surface area contributed by atoms with Gasteiger partial charge in [0.25, 0.3) is 0 Å². The van der Waals surface area contributed by atoms with Crippen LogP contribution in [0, 0.1) is 0 Å². The highest BCUT2D eigenvalue weighted by molar-refractivity contribution is 5.91. The van der Waals surface area contributed by atoms with Crippen LogP contribution in [0.5, 0.6) is 11.5 Å². The van der Waals surface area contributed by atoms with Crippen LogP contribution in [-0.2, 0) is 6.18 Å². The number of methoxy groups -OCH3 is 1. The second-order valence-electron chi connectivity index (χ2n) is 4.98. The van der Waals surface area contributed by atoms with Crippen molar-refractivity contribution in [2.75, 3.05) is 7.11 Å². The number of phenols is 1. The molecule has 0 saturated carbocycles. The van der Waals surface area contributed by atoms with E-state index in [0.29, 0.717) is 27.8 Å². The molecule has 3 aromatic rings. The summed E-state index contributed by atoms with van der Waals surface area (Å²) in [7, 11) is 1.45. The number of hydrogen-bond acceptors (Lipinski definition) is 3. The molecule has 0 fully saturated rings. The maximum atomic E-state index is 12.6. The lowest BCUT2D eigenvalue weighted by molar-refractivity contribution is -0.137. The highest BCUT2D eigenvalue weighted by Gasteiger charge is 2.30. The number of aromatic hydroxyl groups is 1. The van der Waals surface area contributed by atoms with Crippen molar-refractivity contribution in [3.63, 3.8) is 0 Å². The molecule has 6 heteroatoms. The Morgan fingerprint density at radius 3 is 2.35 bits per heavy atom. The summed E-state index contributed by atoms with van der Waals surface area (Å²) in [6.07, 6.45) is -2.89. The van der Waals surface area contributed by atoms with Crippen LogP contribution in [0.1, 0.15) is 5.56 Å². The second-order valence-corrected chi connectivity index (χ2v) is 4.98. The summed E-state index contributed by atoms with van der Waals surface area (Å²) >= 11 is 0. The van der Waals surface area contributed by atoms with Gasteiger partial charge in [-0.05, 0) is 29.7 Å². The van der Waals surface area contributed by atoms with E-state index < -0.39 is 11.7 Å². The van der Waals surface area contributed by atoms with Crippen LogP contribution in [-0.4, -0.2) is 17.2 Å². The van der Waals surface area contributed by atoms with Gasteiger partial charge in [-0.2, -0.15) is 13.2 Å². The predicted octanol–water partition coefficient (Wildman–Crippen LogP) is 4.63. The van der Waals surface area contributed by atoms with Crippen LogP contribution in [0.2, 0.25) is 0 Å². The number of phenolic OH excluding ortho intramolecular Hbond substituents is 1. The average molecular weight is 319 g/mol. The van der Waals surface area contributed by atoms with Crippen molar-refractivity contribution in [2.45, 2.75) is 6.18 Å². The van der Waals surface area contributed by atoms with Crippen LogP contribution in [0.3, 0.4) is 0 Å². The first kappa shape index (κ1) is 15.1. The first-order chi connectivity index (χ1) is 10.9. The van der Waals surface area contributed by atoms with Gasteiger partial charge < -0.3 is 9.84 Å². The molecule has 0 aliphatic heterocycles. The summed E-state index contributed by atoms with van der Waals surface area (Å²) in [5.74, 6) is 0.318. The number of nitrogens with zero attached hydrogens (tertiary/aromatic N) is 1. The molecule has 1 heterocycles. The van der Waals surface area contributed by atoms with Crippen LogP contribution in [0.15, 0.2) is 48.7 Å². The predicted molar refractivity (Wildman–Crippen MR) is 80.4 cm³/mol. The molecule has 0 radical (unpaired) electrons. The smallest absolute Gasteiger partial charge is 0.416 e. The fraction of sp³-hybridized carbons (Fsp3) is 0.118. The lowest BCUT2D eigenvalue weighted by Gasteiger charge is -2.09. The first-order valence-corrected chi connectivity index (χ1v) is 6.73. The number of pyridine rings is 1. The van der Waals surface area contributed by atoms with Gasteiger partial charge in [0.05, 0.1) is 18.4 Å². The van der Waals surface area contributed by atoms with Crippen LogP contribution in [0.4, 0.5) is 13.2 Å². The summed E-state index contributed by atoms with van der Waals surface area (Å²) in [6, 6.07) is 9.87. The number of hydrogen-bond donors (Lipinski definition) is 1. The Morgan fingerprint density at radius 1 is 1.04 bits per heavy atom. The Labute approximate surface area is 130 Å². The standard InChI is InChI=1S/C17H12F3NO2/c1-23-15-7-4-11-8-14(21-9-13(11)16(15)22)10-2-5-12(6-3-10)17(18,19)20/h2-9,22H,1H3. The van der Waals surface area contributed by atoms with Gasteiger partial charge in [0.2, 0.25) is 0 Å². The van der Waals surface area contributed by atoms with E-state index in [1.165, 1.54) is 25.4 Å². The average Bonchev–Trinajstić information content (AvgIpc) is 2.54. The molecule has 0 spiro atoms. The molecule has 0 aliphatic rings. The minimum absolute atomic E-state index is 0.0172. The molecule has 0 aliphatic carbocycles. The Bertz CT molecular complexity index is 858. The minimum atomic E-state index is -4.36. The zero-order chi connectivity index (χ0) is 16.6.